The van der Waals surface area contributed by atoms with Gasteiger partial charge in [0, 0.05) is 32.6 Å². The van der Waals surface area contributed by atoms with Gasteiger partial charge < -0.3 is 21.3 Å². The number of nitrogens with two attached hydrogens (primary N) is 1. The molecule has 3 fully saturated rings. The van der Waals surface area contributed by atoms with E-state index in [0.29, 0.717) is 17.9 Å². The van der Waals surface area contributed by atoms with E-state index in [1.54, 1.807) is 22.6 Å². The Bertz CT molecular complexity index is 1750. The van der Waals surface area contributed by atoms with Gasteiger partial charge in [-0.05, 0) is 66.9 Å². The van der Waals surface area contributed by atoms with Crippen LogP contribution in [0, 0.1) is 5.92 Å². The number of hydrogen-bond donors (Lipinski definition) is 3. The molecule has 3 heterocycles. The van der Waals surface area contributed by atoms with Crippen LogP contribution in [0.2, 0.25) is 0 Å². The molecular weight excluding hydrogens is 709 g/mol. The first-order valence-corrected chi connectivity index (χ1v) is 20.5. The molecular formula is C35H50N8O7S2. The zero-order chi connectivity index (χ0) is 37.8. The van der Waals surface area contributed by atoms with Crippen molar-refractivity contribution in [3.63, 3.8) is 0 Å². The molecule has 15 nitrogen and oxygen atoms in total. The maximum absolute atomic E-state index is 14.8. The van der Waals surface area contributed by atoms with Crippen LogP contribution in [0.5, 0.6) is 0 Å². The van der Waals surface area contributed by atoms with Crippen LogP contribution in [0.15, 0.2) is 35.4 Å². The number of nitrogens with zero attached hydrogens (tertiary/aromatic N) is 5. The highest BCUT2D eigenvalue weighted by atomic mass is 32.2. The molecule has 2 saturated heterocycles. The molecule has 0 radical (unpaired) electrons. The van der Waals surface area contributed by atoms with E-state index in [1.807, 2.05) is 13.8 Å². The van der Waals surface area contributed by atoms with E-state index >= 15 is 0 Å². The van der Waals surface area contributed by atoms with Gasteiger partial charge in [0.1, 0.15) is 17.6 Å². The number of benzene rings is 1. The zero-order valence-corrected chi connectivity index (χ0v) is 31.9. The van der Waals surface area contributed by atoms with Gasteiger partial charge in [-0.25, -0.2) is 17.4 Å². The van der Waals surface area contributed by atoms with Crippen molar-refractivity contribution in [2.45, 2.75) is 106 Å². The Morgan fingerprint density at radius 1 is 1.04 bits per heavy atom. The first-order valence-electron chi connectivity index (χ1n) is 17.9. The summed E-state index contributed by atoms with van der Waals surface area (Å²) in [5, 5.41) is 14.2. The van der Waals surface area contributed by atoms with E-state index in [-0.39, 0.29) is 48.1 Å². The van der Waals surface area contributed by atoms with E-state index in [0.717, 1.165) is 42.1 Å². The Hall–Kier alpha value is -3.83. The van der Waals surface area contributed by atoms with Gasteiger partial charge in [-0.1, -0.05) is 51.2 Å². The van der Waals surface area contributed by atoms with Crippen molar-refractivity contribution in [3.8, 4) is 0 Å². The van der Waals surface area contributed by atoms with E-state index in [9.17, 15) is 32.4 Å². The molecule has 1 aromatic heterocycles. The molecule has 4 N–H and O–H groups in total. The van der Waals surface area contributed by atoms with Gasteiger partial charge in [-0.2, -0.15) is 11.8 Å². The Labute approximate surface area is 309 Å². The fourth-order valence-electron chi connectivity index (χ4n) is 7.52. The standard InChI is InChI=1S/C35H50N8O7S2/c1-22(2)29-20-37-40-43(29)25-19-28(33(47)39-35(30(44)31(36)45)14-16-51-17-15-35)42(21-25)34(48)27(18-23-8-6-5-7-9-23)38-32(46)24-10-12-26(13-11-24)52(49,50)41(3)4/h10-13,20,22-23,25,27-28H,5-9,14-19,21H2,1-4H3,(H2,36,45)(H,38,46)(H,39,47)/t25-,27+,28-/m0/s1. The Morgan fingerprint density at radius 3 is 2.29 bits per heavy atom. The fourth-order valence-corrected chi connectivity index (χ4v) is 9.62. The van der Waals surface area contributed by atoms with Crippen molar-refractivity contribution >= 4 is 51.2 Å². The van der Waals surface area contributed by atoms with Gasteiger partial charge in [0.05, 0.1) is 22.8 Å². The summed E-state index contributed by atoms with van der Waals surface area (Å²) in [6.07, 6.45) is 7.55. The molecule has 4 amide bonds. The van der Waals surface area contributed by atoms with E-state index < -0.39 is 63.1 Å². The lowest BCUT2D eigenvalue weighted by molar-refractivity contribution is -0.145. The quantitative estimate of drug-likeness (QED) is 0.253. The minimum Gasteiger partial charge on any atom is -0.363 e. The molecule has 17 heteroatoms. The number of thioether (sulfide) groups is 1. The minimum absolute atomic E-state index is 0.0267. The predicted molar refractivity (Wildman–Crippen MR) is 195 cm³/mol. The predicted octanol–water partition coefficient (Wildman–Crippen LogP) is 2.00. The van der Waals surface area contributed by atoms with Gasteiger partial charge in [0.2, 0.25) is 27.6 Å². The number of rotatable bonds is 13. The van der Waals surface area contributed by atoms with E-state index in [4.69, 9.17) is 5.73 Å². The van der Waals surface area contributed by atoms with Crippen LogP contribution in [0.25, 0.3) is 0 Å². The largest absolute Gasteiger partial charge is 0.363 e. The van der Waals surface area contributed by atoms with Crippen LogP contribution in [-0.4, -0.2) is 112 Å². The Kier molecular flexibility index (Phi) is 12.5. The number of carbonyl (C=O) groups is 5. The third-order valence-corrected chi connectivity index (χ3v) is 13.4. The van der Waals surface area contributed by atoms with Crippen molar-refractivity contribution in [2.75, 3.05) is 32.1 Å². The van der Waals surface area contributed by atoms with Crippen molar-refractivity contribution in [3.05, 3.63) is 41.7 Å². The summed E-state index contributed by atoms with van der Waals surface area (Å²) in [6, 6.07) is 3.05. The molecule has 5 rings (SSSR count). The number of aromatic nitrogens is 3. The summed E-state index contributed by atoms with van der Waals surface area (Å²) in [5.41, 5.74) is 4.99. The van der Waals surface area contributed by atoms with E-state index in [2.05, 4.69) is 20.9 Å². The van der Waals surface area contributed by atoms with Crippen LogP contribution in [-0.2, 0) is 29.2 Å². The molecule has 1 saturated carbocycles. The lowest BCUT2D eigenvalue weighted by Gasteiger charge is -2.37. The zero-order valence-electron chi connectivity index (χ0n) is 30.2. The third-order valence-electron chi connectivity index (χ3n) is 10.6. The molecule has 2 aliphatic heterocycles. The summed E-state index contributed by atoms with van der Waals surface area (Å²) in [7, 11) is -0.874. The monoisotopic (exact) mass is 758 g/mol. The Morgan fingerprint density at radius 2 is 1.69 bits per heavy atom. The number of hydrogen-bond acceptors (Lipinski definition) is 10. The molecule has 0 bridgehead atoms. The summed E-state index contributed by atoms with van der Waals surface area (Å²) in [6.45, 7) is 4.09. The number of nitrogens with one attached hydrogen (secondary N) is 2. The summed E-state index contributed by atoms with van der Waals surface area (Å²) in [4.78, 5) is 69.6. The minimum atomic E-state index is -3.71. The molecule has 1 aliphatic carbocycles. The van der Waals surface area contributed by atoms with Crippen LogP contribution >= 0.6 is 11.8 Å². The number of sulfonamides is 1. The maximum Gasteiger partial charge on any atom is 0.287 e. The molecule has 52 heavy (non-hydrogen) atoms. The number of carbonyl (C=O) groups excluding carboxylic acids is 5. The highest BCUT2D eigenvalue weighted by Crippen LogP contribution is 2.34. The molecule has 2 aromatic rings. The van der Waals surface area contributed by atoms with Gasteiger partial charge in [0.15, 0.2) is 0 Å². The van der Waals surface area contributed by atoms with Crippen LogP contribution < -0.4 is 16.4 Å². The van der Waals surface area contributed by atoms with Crippen LogP contribution in [0.4, 0.5) is 0 Å². The molecule has 3 atom stereocenters. The lowest BCUT2D eigenvalue weighted by atomic mass is 9.84. The number of Topliss-reactive ketones (excluding diaryl/α,β-unsaturated/α-hetero) is 1. The smallest absolute Gasteiger partial charge is 0.287 e. The van der Waals surface area contributed by atoms with Crippen molar-refractivity contribution in [1.82, 2.24) is 34.8 Å². The summed E-state index contributed by atoms with van der Waals surface area (Å²) < 4.78 is 28.0. The van der Waals surface area contributed by atoms with Crippen molar-refractivity contribution < 1.29 is 32.4 Å². The highest BCUT2D eigenvalue weighted by molar-refractivity contribution is 7.99. The molecule has 284 valence electrons. The average molecular weight is 759 g/mol. The fraction of sp³-hybridized carbons (Fsp3) is 0.629. The third kappa shape index (κ3) is 8.52. The number of amides is 4. The van der Waals surface area contributed by atoms with Crippen molar-refractivity contribution in [1.29, 1.82) is 0 Å². The lowest BCUT2D eigenvalue weighted by Crippen LogP contribution is -2.63. The van der Waals surface area contributed by atoms with Gasteiger partial charge in [0.25, 0.3) is 11.8 Å². The normalized spacial score (nSPS) is 21.5. The topological polar surface area (TPSA) is 207 Å². The molecule has 0 spiro atoms. The first kappa shape index (κ1) is 39.4. The maximum atomic E-state index is 14.8. The van der Waals surface area contributed by atoms with Crippen LogP contribution in [0.1, 0.15) is 99.6 Å². The number of ketones is 1. The van der Waals surface area contributed by atoms with E-state index in [1.165, 1.54) is 43.3 Å². The summed E-state index contributed by atoms with van der Waals surface area (Å²) in [5.74, 6) is -2.26. The second kappa shape index (κ2) is 16.5. The first-order chi connectivity index (χ1) is 24.6. The Balaban J connectivity index is 1.47. The molecule has 1 aromatic carbocycles. The SMILES string of the molecule is CC(C)c1cnnn1[C@H]1C[C@@H](C(=O)NC2(C(=O)C(N)=O)CCSCC2)N(C(=O)[C@@H](CC2CCCCC2)NC(=O)c2ccc(S(=O)(=O)N(C)C)cc2)C1. The number of likely N-dealkylation sites (tertiary alicyclic amines) is 1. The molecule has 0 unspecified atom stereocenters. The van der Waals surface area contributed by atoms with Gasteiger partial charge >= 0.3 is 0 Å². The van der Waals surface area contributed by atoms with Crippen molar-refractivity contribution in [2.24, 2.45) is 11.7 Å². The average Bonchev–Trinajstić information content (AvgIpc) is 3.80. The second-order valence-corrected chi connectivity index (χ2v) is 18.0. The highest BCUT2D eigenvalue weighted by Gasteiger charge is 2.49. The number of primary amides is 1. The molecule has 3 aliphatic rings. The van der Waals surface area contributed by atoms with Gasteiger partial charge in [-0.15, -0.1) is 5.10 Å². The second-order valence-electron chi connectivity index (χ2n) is 14.6. The van der Waals surface area contributed by atoms with Crippen LogP contribution in [0.3, 0.4) is 0 Å². The van der Waals surface area contributed by atoms with Gasteiger partial charge in [-0.3, -0.25) is 24.0 Å². The summed E-state index contributed by atoms with van der Waals surface area (Å²) >= 11 is 1.61.